The van der Waals surface area contributed by atoms with Crippen LogP contribution in [0.5, 0.6) is 0 Å². The summed E-state index contributed by atoms with van der Waals surface area (Å²) in [5, 5.41) is 32.6. The van der Waals surface area contributed by atoms with E-state index in [1.54, 1.807) is 29.0 Å². The molecule has 2 aromatic carbocycles. The van der Waals surface area contributed by atoms with Crippen LogP contribution < -0.4 is 9.82 Å². The summed E-state index contributed by atoms with van der Waals surface area (Å²) in [6.07, 6.45) is -2.77. The number of carbonyl (C=O) groups is 1. The van der Waals surface area contributed by atoms with Crippen LogP contribution in [0.3, 0.4) is 0 Å². The predicted molar refractivity (Wildman–Crippen MR) is 110 cm³/mol. The van der Waals surface area contributed by atoms with Crippen LogP contribution >= 0.6 is 0 Å². The van der Waals surface area contributed by atoms with Gasteiger partial charge in [-0.15, -0.1) is 0 Å². The molecule has 0 saturated carbocycles. The number of carboxylic acid groups (broad SMARTS) is 1. The van der Waals surface area contributed by atoms with Crippen molar-refractivity contribution in [2.75, 3.05) is 31.1 Å². The lowest BCUT2D eigenvalue weighted by Gasteiger charge is -2.39. The van der Waals surface area contributed by atoms with Crippen LogP contribution in [0.4, 0.5) is 24.5 Å². The fraction of sp³-hybridized carbons (Fsp3) is 0.286. The Balaban J connectivity index is 1.46. The number of carboxylic acids is 1. The number of rotatable bonds is 5. The second kappa shape index (κ2) is 8.10. The highest BCUT2D eigenvalue weighted by molar-refractivity contribution is 5.84. The van der Waals surface area contributed by atoms with Crippen LogP contribution in [0.2, 0.25) is 0 Å². The highest BCUT2D eigenvalue weighted by Gasteiger charge is 2.39. The zero-order valence-electron chi connectivity index (χ0n) is 16.9. The molecule has 0 aliphatic carbocycles. The van der Waals surface area contributed by atoms with E-state index < -0.39 is 22.6 Å². The van der Waals surface area contributed by atoms with E-state index in [1.165, 1.54) is 23.2 Å². The molecule has 1 saturated heterocycles. The van der Waals surface area contributed by atoms with E-state index in [0.29, 0.717) is 29.7 Å². The number of piperazine rings is 1. The molecule has 0 amide bonds. The molecular formula is C21H22F3N4O4+. The first-order valence-electron chi connectivity index (χ1n) is 9.89. The van der Waals surface area contributed by atoms with Gasteiger partial charge >= 0.3 is 12.1 Å². The van der Waals surface area contributed by atoms with Gasteiger partial charge in [-0.1, -0.05) is 5.01 Å². The van der Waals surface area contributed by atoms with E-state index in [-0.39, 0.29) is 25.3 Å². The quantitative estimate of drug-likeness (QED) is 0.406. The Bertz CT molecular complexity index is 1120. The number of quaternary nitrogens is 1. The summed E-state index contributed by atoms with van der Waals surface area (Å²) >= 11 is 0. The summed E-state index contributed by atoms with van der Waals surface area (Å²) in [5.74, 6) is -0.980. The molecule has 1 aromatic heterocycles. The highest BCUT2D eigenvalue weighted by Crippen LogP contribution is 2.31. The first kappa shape index (κ1) is 22.1. The molecule has 1 fully saturated rings. The Morgan fingerprint density at radius 1 is 0.969 bits per heavy atom. The molecule has 0 unspecified atom stereocenters. The normalized spacial score (nSPS) is 16.0. The molecule has 8 nitrogen and oxygen atoms in total. The summed E-state index contributed by atoms with van der Waals surface area (Å²) in [4.78, 5) is 11.4. The van der Waals surface area contributed by atoms with Crippen molar-refractivity contribution in [3.05, 3.63) is 60.3 Å². The van der Waals surface area contributed by atoms with Gasteiger partial charge < -0.3 is 14.6 Å². The Morgan fingerprint density at radius 2 is 1.62 bits per heavy atom. The minimum absolute atomic E-state index is 0.188. The van der Waals surface area contributed by atoms with E-state index >= 15 is 0 Å². The van der Waals surface area contributed by atoms with Crippen molar-refractivity contribution in [1.29, 1.82) is 0 Å². The number of fused-ring (bicyclic) bond motifs is 1. The number of aliphatic carboxylic acids is 1. The lowest BCUT2D eigenvalue weighted by molar-refractivity contribution is -0.401. The van der Waals surface area contributed by atoms with E-state index in [2.05, 4.69) is 0 Å². The first-order chi connectivity index (χ1) is 15.1. The monoisotopic (exact) mass is 451 g/mol. The van der Waals surface area contributed by atoms with Gasteiger partial charge in [0.05, 0.1) is 23.6 Å². The van der Waals surface area contributed by atoms with Gasteiger partial charge in [-0.2, -0.15) is 23.6 Å². The lowest BCUT2D eigenvalue weighted by Crippen LogP contribution is -2.63. The molecule has 3 aromatic rings. The van der Waals surface area contributed by atoms with Gasteiger partial charge in [0.1, 0.15) is 6.54 Å². The predicted octanol–water partition coefficient (Wildman–Crippen LogP) is 3.57. The molecular weight excluding hydrogens is 429 g/mol. The molecule has 32 heavy (non-hydrogen) atoms. The summed E-state index contributed by atoms with van der Waals surface area (Å²) in [7, 11) is 0. The van der Waals surface area contributed by atoms with Crippen LogP contribution in [0, 0.1) is 0 Å². The Hall–Kier alpha value is -3.12. The molecule has 1 aliphatic heterocycles. The van der Waals surface area contributed by atoms with E-state index in [0.717, 1.165) is 12.1 Å². The number of benzene rings is 2. The molecule has 0 bridgehead atoms. The minimum Gasteiger partial charge on any atom is -0.480 e. The zero-order valence-corrected chi connectivity index (χ0v) is 16.9. The smallest absolute Gasteiger partial charge is 0.416 e. The minimum atomic E-state index is -4.39. The number of anilines is 1. The van der Waals surface area contributed by atoms with Gasteiger partial charge in [0.2, 0.25) is 5.69 Å². The van der Waals surface area contributed by atoms with Crippen LogP contribution in [-0.2, 0) is 17.5 Å². The molecule has 3 N–H and O–H groups in total. The third kappa shape index (κ3) is 4.28. The summed E-state index contributed by atoms with van der Waals surface area (Å²) in [6.45, 7) is 1.10. The van der Waals surface area contributed by atoms with Crippen molar-refractivity contribution in [3.8, 4) is 0 Å². The number of alkyl halides is 3. The summed E-state index contributed by atoms with van der Waals surface area (Å²) < 4.78 is 39.8. The second-order valence-corrected chi connectivity index (χ2v) is 7.63. The lowest BCUT2D eigenvalue weighted by atomic mass is 10.1. The fourth-order valence-electron chi connectivity index (χ4n) is 3.92. The Morgan fingerprint density at radius 3 is 2.22 bits per heavy atom. The van der Waals surface area contributed by atoms with Gasteiger partial charge in [0.15, 0.2) is 0 Å². The maximum atomic E-state index is 12.8. The largest absolute Gasteiger partial charge is 0.480 e. The summed E-state index contributed by atoms with van der Waals surface area (Å²) in [6, 6.07) is 11.3. The van der Waals surface area contributed by atoms with Crippen LogP contribution in [0.1, 0.15) is 5.56 Å². The van der Waals surface area contributed by atoms with Gasteiger partial charge in [0.25, 0.3) is 0 Å². The van der Waals surface area contributed by atoms with Crippen molar-refractivity contribution in [3.63, 3.8) is 0 Å². The second-order valence-electron chi connectivity index (χ2n) is 7.63. The van der Waals surface area contributed by atoms with Crippen LogP contribution in [0.15, 0.2) is 54.7 Å². The number of nitrogens with zero attached hydrogens (tertiary/aromatic N) is 4. The van der Waals surface area contributed by atoms with Gasteiger partial charge in [-0.3, -0.25) is 4.79 Å². The number of hydrogen-bond acceptors (Lipinski definition) is 5. The standard InChI is InChI=1S/C21H21F3N4O4/c22-21(23,24)16-1-3-17(4-2-16)25-9-11-27(12-10-25)28(31,32)18-5-6-19-15(13-18)7-8-26(19)14-20(29)30/h1-8,13,31-32H,9-12,14H2/p+1. The van der Waals surface area contributed by atoms with Crippen LogP contribution in [0.25, 0.3) is 10.9 Å². The maximum absolute atomic E-state index is 12.8. The first-order valence-corrected chi connectivity index (χ1v) is 9.89. The molecule has 0 spiro atoms. The van der Waals surface area contributed by atoms with Crippen molar-refractivity contribution in [2.24, 2.45) is 0 Å². The Labute approximate surface area is 181 Å². The molecule has 0 radical (unpaired) electrons. The van der Waals surface area contributed by atoms with E-state index in [9.17, 15) is 28.4 Å². The highest BCUT2D eigenvalue weighted by atomic mass is 19.4. The zero-order chi connectivity index (χ0) is 23.1. The average molecular weight is 451 g/mol. The van der Waals surface area contributed by atoms with Crippen molar-refractivity contribution in [1.82, 2.24) is 14.5 Å². The van der Waals surface area contributed by atoms with Gasteiger partial charge in [-0.25, -0.2) is 0 Å². The SMILES string of the molecule is O=C(O)Cn1ccc2cc([N+](O)(O)N3CCN(c4ccc(C(F)(F)F)cc4)CC3)ccc21. The van der Waals surface area contributed by atoms with E-state index in [4.69, 9.17) is 5.11 Å². The average Bonchev–Trinajstić information content (AvgIpc) is 3.15. The third-order valence-electron chi connectivity index (χ3n) is 5.62. The van der Waals surface area contributed by atoms with Crippen molar-refractivity contribution >= 4 is 28.2 Å². The third-order valence-corrected chi connectivity index (χ3v) is 5.62. The molecule has 0 atom stereocenters. The molecule has 4 rings (SSSR count). The number of aromatic nitrogens is 1. The van der Waals surface area contributed by atoms with Crippen LogP contribution in [-0.4, -0.2) is 57.2 Å². The Kier molecular flexibility index (Phi) is 5.59. The van der Waals surface area contributed by atoms with Crippen molar-refractivity contribution < 1.29 is 33.5 Å². The molecule has 2 heterocycles. The fourth-order valence-corrected chi connectivity index (χ4v) is 3.92. The topological polar surface area (TPSA) is 89.2 Å². The molecule has 11 heteroatoms. The van der Waals surface area contributed by atoms with Crippen molar-refractivity contribution in [2.45, 2.75) is 12.7 Å². The molecule has 170 valence electrons. The summed E-state index contributed by atoms with van der Waals surface area (Å²) in [5.41, 5.74) is 0.763. The number of halogens is 3. The maximum Gasteiger partial charge on any atom is 0.416 e. The number of hydrogen-bond donors (Lipinski definition) is 3. The van der Waals surface area contributed by atoms with Gasteiger partial charge in [0, 0.05) is 48.0 Å². The molecule has 1 aliphatic rings. The van der Waals surface area contributed by atoms with Gasteiger partial charge in [-0.05, 0) is 36.4 Å². The van der Waals surface area contributed by atoms with E-state index in [1.807, 2.05) is 4.90 Å².